The molecular weight excluding hydrogens is 364 g/mol. The second-order valence-electron chi connectivity index (χ2n) is 6.70. The van der Waals surface area contributed by atoms with Gasteiger partial charge in [0.05, 0.1) is 6.54 Å². The minimum absolute atomic E-state index is 0. The highest BCUT2D eigenvalue weighted by Crippen LogP contribution is 2.19. The zero-order valence-electron chi connectivity index (χ0n) is 15.3. The van der Waals surface area contributed by atoms with Crippen molar-refractivity contribution in [2.45, 2.75) is 38.4 Å². The summed E-state index contributed by atoms with van der Waals surface area (Å²) in [6.45, 7) is 3.49. The van der Waals surface area contributed by atoms with Crippen LogP contribution < -0.4 is 16.8 Å². The number of nitrogen functional groups attached to an aromatic ring is 1. The van der Waals surface area contributed by atoms with Crippen molar-refractivity contribution in [3.63, 3.8) is 0 Å². The third-order valence-electron chi connectivity index (χ3n) is 4.76. The zero-order chi connectivity index (χ0) is 18.4. The molecule has 0 bridgehead atoms. The lowest BCUT2D eigenvalue weighted by Crippen LogP contribution is -2.35. The lowest BCUT2D eigenvalue weighted by molar-refractivity contribution is 0.1000. The van der Waals surface area contributed by atoms with Crippen LogP contribution in [-0.2, 0) is 13.1 Å². The summed E-state index contributed by atoms with van der Waals surface area (Å²) >= 11 is 0. The average Bonchev–Trinajstić information content (AvgIpc) is 2.91. The van der Waals surface area contributed by atoms with Crippen LogP contribution in [-0.4, -0.2) is 39.9 Å². The fourth-order valence-corrected chi connectivity index (χ4v) is 3.36. The molecule has 27 heavy (non-hydrogen) atoms. The smallest absolute Gasteiger partial charge is 0.248 e. The maximum Gasteiger partial charge on any atom is 0.248 e. The minimum atomic E-state index is -0.406. The highest BCUT2D eigenvalue weighted by atomic mass is 35.5. The Balaban J connectivity index is 0.00000261. The van der Waals surface area contributed by atoms with Crippen LogP contribution in [0.5, 0.6) is 0 Å². The molecule has 1 aliphatic heterocycles. The van der Waals surface area contributed by atoms with E-state index < -0.39 is 5.91 Å². The third-order valence-corrected chi connectivity index (χ3v) is 4.76. The fourth-order valence-electron chi connectivity index (χ4n) is 3.36. The normalized spacial score (nSPS) is 17.1. The predicted octanol–water partition coefficient (Wildman–Crippen LogP) is 1.72. The van der Waals surface area contributed by atoms with E-state index in [1.807, 2.05) is 12.1 Å². The molecule has 2 aromatic rings. The Kier molecular flexibility index (Phi) is 7.97. The molecule has 1 saturated heterocycles. The Hall–Kier alpha value is -2.22. The van der Waals surface area contributed by atoms with Gasteiger partial charge in [-0.25, -0.2) is 9.97 Å². The van der Waals surface area contributed by atoms with E-state index in [0.29, 0.717) is 24.0 Å². The Morgan fingerprint density at radius 3 is 2.63 bits per heavy atom. The molecular formula is C19H27ClN6O. The lowest BCUT2D eigenvalue weighted by atomic mass is 10.1. The van der Waals surface area contributed by atoms with Crippen LogP contribution in [0.4, 0.5) is 5.82 Å². The van der Waals surface area contributed by atoms with Crippen molar-refractivity contribution in [2.75, 3.05) is 18.8 Å². The number of hydrogen-bond acceptors (Lipinski definition) is 6. The highest BCUT2D eigenvalue weighted by Gasteiger charge is 2.21. The van der Waals surface area contributed by atoms with Crippen LogP contribution in [0.3, 0.4) is 0 Å². The average molecular weight is 391 g/mol. The van der Waals surface area contributed by atoms with Crippen LogP contribution in [0.2, 0.25) is 0 Å². The number of hydrogen-bond donors (Lipinski definition) is 3. The fraction of sp³-hybridized carbons (Fsp3) is 0.421. The largest absolute Gasteiger partial charge is 0.384 e. The number of primary amides is 1. The molecule has 2 heterocycles. The first kappa shape index (κ1) is 21.1. The number of benzene rings is 1. The number of carbonyl (C=O) groups is 1. The van der Waals surface area contributed by atoms with E-state index in [1.54, 1.807) is 24.4 Å². The number of halogens is 1. The molecule has 7 nitrogen and oxygen atoms in total. The molecule has 1 amide bonds. The maximum absolute atomic E-state index is 11.3. The summed E-state index contributed by atoms with van der Waals surface area (Å²) in [5.41, 5.74) is 12.8. The number of amides is 1. The monoisotopic (exact) mass is 390 g/mol. The summed E-state index contributed by atoms with van der Waals surface area (Å²) in [6, 6.07) is 9.63. The molecule has 146 valence electrons. The van der Waals surface area contributed by atoms with Gasteiger partial charge >= 0.3 is 0 Å². The van der Waals surface area contributed by atoms with E-state index in [9.17, 15) is 4.79 Å². The van der Waals surface area contributed by atoms with Gasteiger partial charge in [0.2, 0.25) is 5.91 Å². The van der Waals surface area contributed by atoms with E-state index >= 15 is 0 Å². The van der Waals surface area contributed by atoms with Crippen molar-refractivity contribution < 1.29 is 4.79 Å². The van der Waals surface area contributed by atoms with Gasteiger partial charge in [-0.2, -0.15) is 0 Å². The first-order valence-electron chi connectivity index (χ1n) is 9.03. The molecule has 1 aliphatic rings. The summed E-state index contributed by atoms with van der Waals surface area (Å²) in [5.74, 6) is 0.815. The molecule has 1 atom stereocenters. The van der Waals surface area contributed by atoms with E-state index in [1.165, 1.54) is 0 Å². The van der Waals surface area contributed by atoms with Gasteiger partial charge in [-0.15, -0.1) is 12.4 Å². The molecule has 1 aromatic carbocycles. The van der Waals surface area contributed by atoms with Crippen molar-refractivity contribution in [3.8, 4) is 0 Å². The first-order chi connectivity index (χ1) is 12.6. The summed E-state index contributed by atoms with van der Waals surface area (Å²) < 4.78 is 0. The first-order valence-corrected chi connectivity index (χ1v) is 9.03. The molecule has 1 fully saturated rings. The van der Waals surface area contributed by atoms with Gasteiger partial charge in [-0.3, -0.25) is 9.69 Å². The maximum atomic E-state index is 11.3. The van der Waals surface area contributed by atoms with Gasteiger partial charge in [0.15, 0.2) is 0 Å². The molecule has 0 spiro atoms. The van der Waals surface area contributed by atoms with E-state index in [2.05, 4.69) is 20.2 Å². The minimum Gasteiger partial charge on any atom is -0.384 e. The number of rotatable bonds is 6. The number of nitrogens with two attached hydrogens (primary N) is 2. The van der Waals surface area contributed by atoms with Gasteiger partial charge in [-0.05, 0) is 56.1 Å². The Bertz CT molecular complexity index is 731. The zero-order valence-corrected chi connectivity index (χ0v) is 16.1. The standard InChI is InChI=1S/C19H26N6O.ClH/c20-17-8-11-23-18(24-17)13-25(16-2-1-9-22-10-7-16)12-14-3-5-15(6-4-14)19(21)26;/h3-6,8,11,16,22H,1-2,7,9-10,12-13H2,(H2,21,26)(H2,20,23,24);1H. The van der Waals surface area contributed by atoms with E-state index in [4.69, 9.17) is 11.5 Å². The summed E-state index contributed by atoms with van der Waals surface area (Å²) in [5, 5.41) is 3.46. The number of carbonyl (C=O) groups excluding carboxylic acids is 1. The molecule has 5 N–H and O–H groups in total. The van der Waals surface area contributed by atoms with Gasteiger partial charge in [0, 0.05) is 24.3 Å². The van der Waals surface area contributed by atoms with Crippen LogP contribution in [0.25, 0.3) is 0 Å². The van der Waals surface area contributed by atoms with Crippen LogP contribution in [0, 0.1) is 0 Å². The second kappa shape index (κ2) is 10.2. The summed E-state index contributed by atoms with van der Waals surface area (Å²) in [6.07, 6.45) is 5.07. The molecule has 0 radical (unpaired) electrons. The second-order valence-corrected chi connectivity index (χ2v) is 6.70. The number of aromatic nitrogens is 2. The number of nitrogens with one attached hydrogen (secondary N) is 1. The number of nitrogens with zero attached hydrogens (tertiary/aromatic N) is 3. The molecule has 1 unspecified atom stereocenters. The molecule has 1 aromatic heterocycles. The molecule has 8 heteroatoms. The van der Waals surface area contributed by atoms with Crippen molar-refractivity contribution in [3.05, 3.63) is 53.5 Å². The van der Waals surface area contributed by atoms with Crippen molar-refractivity contribution in [1.82, 2.24) is 20.2 Å². The Labute approximate surface area is 166 Å². The van der Waals surface area contributed by atoms with E-state index in [-0.39, 0.29) is 12.4 Å². The van der Waals surface area contributed by atoms with Gasteiger partial charge in [0.1, 0.15) is 11.6 Å². The lowest BCUT2D eigenvalue weighted by Gasteiger charge is -2.30. The third kappa shape index (κ3) is 6.16. The SMILES string of the molecule is Cl.NC(=O)c1ccc(CN(Cc2nccc(N)n2)C2CCCNCC2)cc1. The van der Waals surface area contributed by atoms with Gasteiger partial charge in [-0.1, -0.05) is 12.1 Å². The molecule has 0 aliphatic carbocycles. The summed E-state index contributed by atoms with van der Waals surface area (Å²) in [4.78, 5) is 22.4. The van der Waals surface area contributed by atoms with Crippen LogP contribution >= 0.6 is 12.4 Å². The molecule has 0 saturated carbocycles. The van der Waals surface area contributed by atoms with Crippen molar-refractivity contribution in [1.29, 1.82) is 0 Å². The highest BCUT2D eigenvalue weighted by molar-refractivity contribution is 5.92. The Morgan fingerprint density at radius 2 is 1.93 bits per heavy atom. The Morgan fingerprint density at radius 1 is 1.15 bits per heavy atom. The van der Waals surface area contributed by atoms with Crippen molar-refractivity contribution in [2.24, 2.45) is 5.73 Å². The number of anilines is 1. The van der Waals surface area contributed by atoms with E-state index in [0.717, 1.165) is 50.3 Å². The van der Waals surface area contributed by atoms with Crippen LogP contribution in [0.1, 0.15) is 41.0 Å². The van der Waals surface area contributed by atoms with Crippen molar-refractivity contribution >= 4 is 24.1 Å². The summed E-state index contributed by atoms with van der Waals surface area (Å²) in [7, 11) is 0. The quantitative estimate of drug-likeness (QED) is 0.692. The van der Waals surface area contributed by atoms with Gasteiger partial charge < -0.3 is 16.8 Å². The van der Waals surface area contributed by atoms with Crippen LogP contribution in [0.15, 0.2) is 36.5 Å². The topological polar surface area (TPSA) is 110 Å². The molecule has 3 rings (SSSR count). The van der Waals surface area contributed by atoms with Gasteiger partial charge in [0.25, 0.3) is 0 Å². The predicted molar refractivity (Wildman–Crippen MR) is 108 cm³/mol.